The lowest BCUT2D eigenvalue weighted by Gasteiger charge is -2.09. The average Bonchev–Trinajstić information content (AvgIpc) is 2.81. The summed E-state index contributed by atoms with van der Waals surface area (Å²) in [6.45, 7) is 5.28. The van der Waals surface area contributed by atoms with E-state index in [1.165, 1.54) is 22.4 Å². The number of aryl methyl sites for hydroxylation is 2. The highest BCUT2D eigenvalue weighted by Crippen LogP contribution is 2.17. The maximum atomic E-state index is 3.46. The molecule has 0 radical (unpaired) electrons. The van der Waals surface area contributed by atoms with E-state index >= 15 is 0 Å². The number of hydrogen-bond acceptors (Lipinski definition) is 2. The first-order valence-corrected chi connectivity index (χ1v) is 6.58. The minimum absolute atomic E-state index is 0.912. The molecule has 0 bridgehead atoms. The van der Waals surface area contributed by atoms with Crippen LogP contribution in [-0.4, -0.2) is 0 Å². The fourth-order valence-corrected chi connectivity index (χ4v) is 2.43. The zero-order chi connectivity index (χ0) is 11.4. The molecule has 1 N–H and O–H groups in total. The van der Waals surface area contributed by atoms with Crippen LogP contribution < -0.4 is 5.32 Å². The van der Waals surface area contributed by atoms with Gasteiger partial charge < -0.3 is 5.32 Å². The standard InChI is InChI=1S/C14H17NS/c1-3-13-8-14(5-4-11(13)2)15-9-12-6-7-16-10-12/h4-8,10,15H,3,9H2,1-2H3. The molecule has 1 heterocycles. The largest absolute Gasteiger partial charge is 0.381 e. The zero-order valence-electron chi connectivity index (χ0n) is 9.79. The van der Waals surface area contributed by atoms with Crippen LogP contribution in [0.4, 0.5) is 5.69 Å². The van der Waals surface area contributed by atoms with Crippen molar-refractivity contribution >= 4 is 17.0 Å². The molecule has 0 aliphatic heterocycles. The molecule has 0 amide bonds. The lowest BCUT2D eigenvalue weighted by molar-refractivity contribution is 1.10. The molecule has 0 spiro atoms. The molecule has 0 aliphatic carbocycles. The van der Waals surface area contributed by atoms with Crippen LogP contribution in [0.2, 0.25) is 0 Å². The summed E-state index contributed by atoms with van der Waals surface area (Å²) in [5, 5.41) is 7.75. The lowest BCUT2D eigenvalue weighted by Crippen LogP contribution is -1.99. The third kappa shape index (κ3) is 2.64. The maximum Gasteiger partial charge on any atom is 0.0409 e. The van der Waals surface area contributed by atoms with E-state index in [1.807, 2.05) is 0 Å². The highest BCUT2D eigenvalue weighted by Gasteiger charge is 1.98. The Kier molecular flexibility index (Phi) is 3.62. The molecule has 2 heteroatoms. The topological polar surface area (TPSA) is 12.0 Å². The Hall–Kier alpha value is -1.28. The van der Waals surface area contributed by atoms with Gasteiger partial charge in [0.15, 0.2) is 0 Å². The van der Waals surface area contributed by atoms with Gasteiger partial charge in [-0.15, -0.1) is 0 Å². The van der Waals surface area contributed by atoms with Crippen LogP contribution in [0.5, 0.6) is 0 Å². The summed E-state index contributed by atoms with van der Waals surface area (Å²) in [5.74, 6) is 0. The normalized spacial score (nSPS) is 10.4. The van der Waals surface area contributed by atoms with Crippen molar-refractivity contribution in [1.29, 1.82) is 0 Å². The fourth-order valence-electron chi connectivity index (χ4n) is 1.76. The summed E-state index contributed by atoms with van der Waals surface area (Å²) in [7, 11) is 0. The molecule has 1 nitrogen and oxygen atoms in total. The van der Waals surface area contributed by atoms with E-state index in [9.17, 15) is 0 Å². The van der Waals surface area contributed by atoms with Crippen molar-refractivity contribution in [3.05, 3.63) is 51.7 Å². The molecular weight excluding hydrogens is 214 g/mol. The first kappa shape index (κ1) is 11.2. The van der Waals surface area contributed by atoms with Crippen LogP contribution in [0.3, 0.4) is 0 Å². The molecule has 1 aromatic carbocycles. The molecular formula is C14H17NS. The van der Waals surface area contributed by atoms with Gasteiger partial charge in [0.1, 0.15) is 0 Å². The molecule has 2 aromatic rings. The predicted molar refractivity (Wildman–Crippen MR) is 72.2 cm³/mol. The van der Waals surface area contributed by atoms with Gasteiger partial charge in [-0.25, -0.2) is 0 Å². The minimum Gasteiger partial charge on any atom is -0.381 e. The molecule has 1 aromatic heterocycles. The summed E-state index contributed by atoms with van der Waals surface area (Å²) in [6, 6.07) is 8.75. The molecule has 0 atom stereocenters. The molecule has 0 unspecified atom stereocenters. The van der Waals surface area contributed by atoms with E-state index in [2.05, 4.69) is 54.2 Å². The van der Waals surface area contributed by atoms with Crippen molar-refractivity contribution in [2.75, 3.05) is 5.32 Å². The number of hydrogen-bond donors (Lipinski definition) is 1. The van der Waals surface area contributed by atoms with Gasteiger partial charge in [0.05, 0.1) is 0 Å². The predicted octanol–water partition coefficient (Wildman–Crippen LogP) is 4.23. The number of rotatable bonds is 4. The second kappa shape index (κ2) is 5.17. The Balaban J connectivity index is 2.04. The third-order valence-corrected chi connectivity index (χ3v) is 3.54. The van der Waals surface area contributed by atoms with Crippen molar-refractivity contribution in [2.45, 2.75) is 26.8 Å². The summed E-state index contributed by atoms with van der Waals surface area (Å²) in [5.41, 5.74) is 5.37. The van der Waals surface area contributed by atoms with E-state index in [-0.39, 0.29) is 0 Å². The first-order valence-electron chi connectivity index (χ1n) is 5.64. The van der Waals surface area contributed by atoms with Gasteiger partial charge in [-0.05, 0) is 59.0 Å². The number of nitrogens with one attached hydrogen (secondary N) is 1. The molecule has 0 aliphatic rings. The lowest BCUT2D eigenvalue weighted by atomic mass is 10.1. The Morgan fingerprint density at radius 3 is 2.81 bits per heavy atom. The summed E-state index contributed by atoms with van der Waals surface area (Å²) >= 11 is 1.74. The van der Waals surface area contributed by atoms with E-state index in [0.29, 0.717) is 0 Å². The SMILES string of the molecule is CCc1cc(NCc2ccsc2)ccc1C. The molecule has 2 rings (SSSR count). The Labute approximate surface area is 101 Å². The van der Waals surface area contributed by atoms with Crippen molar-refractivity contribution in [2.24, 2.45) is 0 Å². The maximum absolute atomic E-state index is 3.46. The van der Waals surface area contributed by atoms with E-state index in [4.69, 9.17) is 0 Å². The quantitative estimate of drug-likeness (QED) is 0.830. The van der Waals surface area contributed by atoms with Crippen molar-refractivity contribution in [3.63, 3.8) is 0 Å². The number of thiophene rings is 1. The van der Waals surface area contributed by atoms with E-state index < -0.39 is 0 Å². The Morgan fingerprint density at radius 1 is 1.25 bits per heavy atom. The van der Waals surface area contributed by atoms with Gasteiger partial charge in [0.2, 0.25) is 0 Å². The summed E-state index contributed by atoms with van der Waals surface area (Å²) < 4.78 is 0. The highest BCUT2D eigenvalue weighted by atomic mass is 32.1. The Bertz CT molecular complexity index is 446. The monoisotopic (exact) mass is 231 g/mol. The molecule has 0 fully saturated rings. The van der Waals surface area contributed by atoms with Crippen LogP contribution in [0.15, 0.2) is 35.0 Å². The Morgan fingerprint density at radius 2 is 2.12 bits per heavy atom. The molecule has 16 heavy (non-hydrogen) atoms. The minimum atomic E-state index is 0.912. The van der Waals surface area contributed by atoms with Gasteiger partial charge in [-0.3, -0.25) is 0 Å². The van der Waals surface area contributed by atoms with Crippen LogP contribution in [0.1, 0.15) is 23.6 Å². The molecule has 84 valence electrons. The van der Waals surface area contributed by atoms with Crippen molar-refractivity contribution in [3.8, 4) is 0 Å². The zero-order valence-corrected chi connectivity index (χ0v) is 10.6. The second-order valence-corrected chi connectivity index (χ2v) is 4.76. The van der Waals surface area contributed by atoms with Gasteiger partial charge in [0.25, 0.3) is 0 Å². The van der Waals surface area contributed by atoms with Gasteiger partial charge in [-0.1, -0.05) is 13.0 Å². The van der Waals surface area contributed by atoms with Crippen LogP contribution >= 0.6 is 11.3 Å². The van der Waals surface area contributed by atoms with Gasteiger partial charge in [0, 0.05) is 12.2 Å². The molecule has 0 saturated heterocycles. The van der Waals surface area contributed by atoms with Crippen molar-refractivity contribution in [1.82, 2.24) is 0 Å². The van der Waals surface area contributed by atoms with Crippen LogP contribution in [0.25, 0.3) is 0 Å². The van der Waals surface area contributed by atoms with Crippen molar-refractivity contribution < 1.29 is 0 Å². The van der Waals surface area contributed by atoms with Gasteiger partial charge in [-0.2, -0.15) is 11.3 Å². The summed E-state index contributed by atoms with van der Waals surface area (Å²) in [6.07, 6.45) is 1.10. The van der Waals surface area contributed by atoms with Crippen LogP contribution in [-0.2, 0) is 13.0 Å². The smallest absolute Gasteiger partial charge is 0.0409 e. The average molecular weight is 231 g/mol. The number of anilines is 1. The highest BCUT2D eigenvalue weighted by molar-refractivity contribution is 7.07. The third-order valence-electron chi connectivity index (χ3n) is 2.81. The molecule has 0 saturated carbocycles. The first-order chi connectivity index (χ1) is 7.79. The second-order valence-electron chi connectivity index (χ2n) is 3.98. The van der Waals surface area contributed by atoms with Crippen LogP contribution in [0, 0.1) is 6.92 Å². The fraction of sp³-hybridized carbons (Fsp3) is 0.286. The van der Waals surface area contributed by atoms with Gasteiger partial charge >= 0.3 is 0 Å². The number of benzene rings is 1. The summed E-state index contributed by atoms with van der Waals surface area (Å²) in [4.78, 5) is 0. The van der Waals surface area contributed by atoms with E-state index in [1.54, 1.807) is 11.3 Å². The van der Waals surface area contributed by atoms with E-state index in [0.717, 1.165) is 13.0 Å².